The molecular weight excluding hydrogens is 497 g/mol. The third-order valence-corrected chi connectivity index (χ3v) is 23.9. The first-order valence-corrected chi connectivity index (χ1v) is 22.0. The van der Waals surface area contributed by atoms with Crippen molar-refractivity contribution < 1.29 is 66.5 Å². The predicted molar refractivity (Wildman–Crippen MR) is 93.8 cm³/mol. The molecule has 0 aromatic rings. The van der Waals surface area contributed by atoms with E-state index in [1.54, 1.807) is 0 Å². The van der Waals surface area contributed by atoms with Crippen LogP contribution in [0.1, 0.15) is 0 Å². The molecule has 2 rings (SSSR count). The van der Waals surface area contributed by atoms with E-state index in [0.29, 0.717) is 0 Å². The van der Waals surface area contributed by atoms with Crippen LogP contribution in [-0.2, 0) is 32.9 Å². The van der Waals surface area contributed by atoms with Crippen LogP contribution in [-0.4, -0.2) is 95.7 Å². The highest BCUT2D eigenvalue weighted by molar-refractivity contribution is 6.91. The number of fused-ring (bicyclic) bond motifs is 2. The average Bonchev–Trinajstić information content (AvgIpc) is 2.11. The smallest absolute Gasteiger partial charge is 0.391 e. The summed E-state index contributed by atoms with van der Waals surface area (Å²) in [6, 6.07) is 0. The van der Waals surface area contributed by atoms with Crippen LogP contribution in [0.15, 0.2) is 0 Å². The first kappa shape index (κ1) is 24.2. The zero-order valence-corrected chi connectivity index (χ0v) is 21.9. The molecule has 6 atom stereocenters. The quantitative estimate of drug-likeness (QED) is 0.172. The van der Waals surface area contributed by atoms with E-state index in [9.17, 15) is 33.6 Å². The second kappa shape index (κ2) is 6.97. The van der Waals surface area contributed by atoms with Crippen molar-refractivity contribution in [1.82, 2.24) is 0 Å². The lowest BCUT2D eigenvalue weighted by Gasteiger charge is -2.47. The lowest BCUT2D eigenvalue weighted by Crippen LogP contribution is -2.78. The Hall–Kier alpha value is 0.918. The summed E-state index contributed by atoms with van der Waals surface area (Å²) in [5.41, 5.74) is 0. The molecule has 0 aliphatic carbocycles. The Morgan fingerprint density at radius 3 is 1.37 bits per heavy atom. The lowest BCUT2D eigenvalue weighted by molar-refractivity contribution is -0.0254. The normalized spacial score (nSPS) is 52.4. The van der Waals surface area contributed by atoms with Gasteiger partial charge in [-0.15, -0.1) is 0 Å². The summed E-state index contributed by atoms with van der Waals surface area (Å²) >= 11 is 0. The molecule has 160 valence electrons. The minimum Gasteiger partial charge on any atom is -0.391 e. The van der Waals surface area contributed by atoms with Gasteiger partial charge in [-0.05, 0) is 0 Å². The maximum absolute atomic E-state index is 10.7. The predicted octanol–water partition coefficient (Wildman–Crippen LogP) is -4.19. The summed E-state index contributed by atoms with van der Waals surface area (Å²) in [5, 5.41) is 0. The van der Waals surface area contributed by atoms with E-state index in [-0.39, 0.29) is 0 Å². The summed E-state index contributed by atoms with van der Waals surface area (Å²) < 4.78 is 40.5. The van der Waals surface area contributed by atoms with Gasteiger partial charge in [-0.2, -0.15) is 0 Å². The number of hydrogen-bond acceptors (Lipinski definition) is 15. The van der Waals surface area contributed by atoms with E-state index >= 15 is 0 Å². The fourth-order valence-electron chi connectivity index (χ4n) is 2.41. The molecule has 2 bridgehead atoms. The van der Waals surface area contributed by atoms with Crippen molar-refractivity contribution in [3.8, 4) is 0 Å². The molecule has 0 aromatic heterocycles. The van der Waals surface area contributed by atoms with Gasteiger partial charge >= 0.3 is 62.1 Å². The van der Waals surface area contributed by atoms with E-state index in [0.717, 1.165) is 32.7 Å². The number of hydrogen-bond donors (Lipinski definition) is 7. The molecule has 7 N–H and O–H groups in total. The molecule has 0 radical (unpaired) electrons. The maximum Gasteiger partial charge on any atom is 0.656 e. The van der Waals surface area contributed by atoms with Gasteiger partial charge in [-0.25, -0.2) is 0 Å². The molecule has 0 amide bonds. The van der Waals surface area contributed by atoms with Crippen LogP contribution in [0, 0.1) is 0 Å². The van der Waals surface area contributed by atoms with Gasteiger partial charge in [-0.1, -0.05) is 0 Å². The van der Waals surface area contributed by atoms with Crippen LogP contribution in [0.3, 0.4) is 0 Å². The van der Waals surface area contributed by atoms with Gasteiger partial charge in [0, 0.05) is 32.7 Å². The topological polar surface area (TPSA) is 215 Å². The molecule has 2 aliphatic rings. The molecule has 15 nitrogen and oxygen atoms in total. The first-order valence-electron chi connectivity index (χ1n) is 7.33. The molecule has 22 heteroatoms. The van der Waals surface area contributed by atoms with E-state index in [1.165, 1.54) is 0 Å². The minimum atomic E-state index is -5.14. The second-order valence-corrected chi connectivity index (χ2v) is 24.0. The van der Waals surface area contributed by atoms with Crippen molar-refractivity contribution in [2.45, 2.75) is 32.7 Å². The summed E-state index contributed by atoms with van der Waals surface area (Å²) in [6.45, 7) is 5.02. The molecule has 2 aliphatic heterocycles. The van der Waals surface area contributed by atoms with Crippen LogP contribution in [0.2, 0.25) is 32.7 Å². The Bertz CT molecular complexity index is 577. The zero-order chi connectivity index (χ0) is 21.2. The van der Waals surface area contributed by atoms with Crippen molar-refractivity contribution in [2.24, 2.45) is 0 Å². The summed E-state index contributed by atoms with van der Waals surface area (Å²) in [6.07, 6.45) is 0. The van der Waals surface area contributed by atoms with Crippen molar-refractivity contribution >= 4 is 62.1 Å². The Morgan fingerprint density at radius 2 is 0.963 bits per heavy atom. The van der Waals surface area contributed by atoms with Crippen LogP contribution < -0.4 is 0 Å². The molecule has 2 fully saturated rings. The lowest BCUT2D eigenvalue weighted by atomic mass is 11.9. The van der Waals surface area contributed by atoms with Gasteiger partial charge in [0.2, 0.25) is 0 Å². The monoisotopic (exact) mass is 518 g/mol. The van der Waals surface area contributed by atoms with E-state index in [1.807, 2.05) is 0 Å². The summed E-state index contributed by atoms with van der Waals surface area (Å²) in [5.74, 6) is 0. The average molecular weight is 519 g/mol. The van der Waals surface area contributed by atoms with Gasteiger partial charge in [0.1, 0.15) is 0 Å². The largest absolute Gasteiger partial charge is 0.656 e. The van der Waals surface area contributed by atoms with Gasteiger partial charge in [0.05, 0.1) is 0 Å². The maximum atomic E-state index is 10.7. The second-order valence-electron chi connectivity index (χ2n) is 6.35. The summed E-state index contributed by atoms with van der Waals surface area (Å²) in [7, 11) is -31.9. The first-order chi connectivity index (χ1) is 11.7. The third kappa shape index (κ3) is 6.98. The Balaban J connectivity index is 2.50. The fraction of sp³-hybridized carbons (Fsp3) is 1.00. The van der Waals surface area contributed by atoms with Crippen molar-refractivity contribution in [1.29, 1.82) is 0 Å². The van der Waals surface area contributed by atoms with Crippen molar-refractivity contribution in [2.75, 3.05) is 0 Å². The molecule has 0 spiro atoms. The van der Waals surface area contributed by atoms with Gasteiger partial charge in [0.15, 0.2) is 0 Å². The van der Waals surface area contributed by atoms with Crippen molar-refractivity contribution in [3.05, 3.63) is 0 Å². The van der Waals surface area contributed by atoms with E-state index in [4.69, 9.17) is 32.9 Å². The van der Waals surface area contributed by atoms with Gasteiger partial charge in [-0.3, -0.25) is 0 Å². The summed E-state index contributed by atoms with van der Waals surface area (Å²) in [4.78, 5) is 71.3. The highest BCUT2D eigenvalue weighted by atomic mass is 28.6. The molecule has 2 heterocycles. The fourth-order valence-corrected chi connectivity index (χ4v) is 26.2. The molecule has 0 aromatic carbocycles. The minimum absolute atomic E-state index is 0.935. The highest BCUT2D eigenvalue weighted by Gasteiger charge is 2.72. The standard InChI is InChI=1S/C5H22O15Si7/c1-21(6,7)13-25(5)15-24(4,10)18-26(11)16-22(2,8)14-23(3,9)17-27(12,19-25)20-26/h6-12H,1-5H3. The highest BCUT2D eigenvalue weighted by Crippen LogP contribution is 2.34. The van der Waals surface area contributed by atoms with E-state index in [2.05, 4.69) is 0 Å². The Labute approximate surface area is 161 Å². The Morgan fingerprint density at radius 1 is 0.593 bits per heavy atom. The van der Waals surface area contributed by atoms with Crippen LogP contribution in [0.5, 0.6) is 0 Å². The molecule has 0 saturated carbocycles. The van der Waals surface area contributed by atoms with Crippen LogP contribution >= 0.6 is 0 Å². The Kier molecular flexibility index (Phi) is 6.25. The zero-order valence-electron chi connectivity index (χ0n) is 14.9. The van der Waals surface area contributed by atoms with E-state index < -0.39 is 62.1 Å². The molecule has 6 unspecified atom stereocenters. The molecule has 27 heavy (non-hydrogen) atoms. The third-order valence-electron chi connectivity index (χ3n) is 2.66. The van der Waals surface area contributed by atoms with Gasteiger partial charge in [0.25, 0.3) is 0 Å². The molecule has 2 saturated heterocycles. The van der Waals surface area contributed by atoms with Crippen LogP contribution in [0.25, 0.3) is 0 Å². The SMILES string of the molecule is C[Si](O)(O)O[Si]1(C)O[Si](C)(O)O[Si]2(O)O[Si](C)(O)O[Si](C)(O)O[Si](O)(O1)O2. The molecular formula is C5H22O15Si7. The van der Waals surface area contributed by atoms with Gasteiger partial charge < -0.3 is 66.5 Å². The van der Waals surface area contributed by atoms with Crippen LogP contribution in [0.4, 0.5) is 0 Å². The van der Waals surface area contributed by atoms with Crippen molar-refractivity contribution in [3.63, 3.8) is 0 Å². The number of rotatable bonds is 2.